The van der Waals surface area contributed by atoms with Crippen LogP contribution in [0.25, 0.3) is 22.2 Å². The number of rotatable bonds is 4. The van der Waals surface area contributed by atoms with E-state index >= 15 is 0 Å². The van der Waals surface area contributed by atoms with Crippen molar-refractivity contribution in [3.8, 4) is 17.1 Å². The number of hydrogen-bond donors (Lipinski definition) is 0. The van der Waals surface area contributed by atoms with E-state index in [0.29, 0.717) is 17.9 Å². The second kappa shape index (κ2) is 7.88. The molecule has 1 aromatic heterocycles. The number of carbonyl (C=O) groups excluding carboxylic acids is 1. The Morgan fingerprint density at radius 3 is 2.67 bits per heavy atom. The van der Waals surface area contributed by atoms with Gasteiger partial charge in [-0.05, 0) is 35.9 Å². The average Bonchev–Trinajstić information content (AvgIpc) is 3.46. The smallest absolute Gasteiger partial charge is 0.255 e. The van der Waals surface area contributed by atoms with Gasteiger partial charge in [0.1, 0.15) is 16.6 Å². The third-order valence-electron chi connectivity index (χ3n) is 5.31. The van der Waals surface area contributed by atoms with Crippen LogP contribution in [0.3, 0.4) is 0 Å². The SMILES string of the molecule is COc1ccc(C2SCCN2C(=O)c2ccc3noc(-c4ccccc4)c3c2)cc1. The molecule has 1 saturated heterocycles. The zero-order valence-corrected chi connectivity index (χ0v) is 17.3. The number of aromatic nitrogens is 1. The highest BCUT2D eigenvalue weighted by atomic mass is 32.2. The fourth-order valence-electron chi connectivity index (χ4n) is 3.76. The molecule has 0 aliphatic carbocycles. The Hall–Kier alpha value is -3.25. The normalized spacial score (nSPS) is 16.2. The van der Waals surface area contributed by atoms with Crippen LogP contribution >= 0.6 is 11.8 Å². The fourth-order valence-corrected chi connectivity index (χ4v) is 5.02. The quantitative estimate of drug-likeness (QED) is 0.446. The number of fused-ring (bicyclic) bond motifs is 1. The molecular weight excluding hydrogens is 396 g/mol. The van der Waals surface area contributed by atoms with E-state index in [0.717, 1.165) is 33.5 Å². The number of methoxy groups -OCH3 is 1. The minimum absolute atomic E-state index is 0.00447. The van der Waals surface area contributed by atoms with Crippen LogP contribution in [-0.2, 0) is 0 Å². The molecule has 1 atom stereocenters. The van der Waals surface area contributed by atoms with Crippen LogP contribution < -0.4 is 4.74 Å². The third kappa shape index (κ3) is 3.33. The number of hydrogen-bond acceptors (Lipinski definition) is 5. The van der Waals surface area contributed by atoms with Crippen molar-refractivity contribution in [1.82, 2.24) is 10.1 Å². The van der Waals surface area contributed by atoms with Crippen LogP contribution in [0.15, 0.2) is 77.3 Å². The monoisotopic (exact) mass is 416 g/mol. The number of benzene rings is 3. The Labute approximate surface area is 178 Å². The lowest BCUT2D eigenvalue weighted by Crippen LogP contribution is -2.30. The Balaban J connectivity index is 1.47. The van der Waals surface area contributed by atoms with E-state index in [-0.39, 0.29) is 11.3 Å². The van der Waals surface area contributed by atoms with E-state index in [9.17, 15) is 4.79 Å². The molecule has 0 radical (unpaired) electrons. The average molecular weight is 417 g/mol. The molecule has 0 bridgehead atoms. The van der Waals surface area contributed by atoms with E-state index in [4.69, 9.17) is 9.26 Å². The molecule has 150 valence electrons. The van der Waals surface area contributed by atoms with Gasteiger partial charge in [0.25, 0.3) is 5.91 Å². The van der Waals surface area contributed by atoms with Gasteiger partial charge in [0.2, 0.25) is 0 Å². The van der Waals surface area contributed by atoms with Crippen molar-refractivity contribution in [3.05, 3.63) is 83.9 Å². The van der Waals surface area contributed by atoms with E-state index in [1.807, 2.05) is 77.7 Å². The maximum absolute atomic E-state index is 13.4. The Morgan fingerprint density at radius 2 is 1.90 bits per heavy atom. The summed E-state index contributed by atoms with van der Waals surface area (Å²) in [5.74, 6) is 2.42. The highest BCUT2D eigenvalue weighted by molar-refractivity contribution is 7.99. The lowest BCUT2D eigenvalue weighted by atomic mass is 10.1. The van der Waals surface area contributed by atoms with Crippen LogP contribution in [0.2, 0.25) is 0 Å². The van der Waals surface area contributed by atoms with Gasteiger partial charge in [-0.2, -0.15) is 0 Å². The molecule has 6 heteroatoms. The summed E-state index contributed by atoms with van der Waals surface area (Å²) >= 11 is 1.78. The van der Waals surface area contributed by atoms with Gasteiger partial charge < -0.3 is 14.2 Å². The molecule has 0 spiro atoms. The number of ether oxygens (including phenoxy) is 1. The molecule has 1 aliphatic heterocycles. The summed E-state index contributed by atoms with van der Waals surface area (Å²) in [5.41, 5.74) is 3.43. The Morgan fingerprint density at radius 1 is 1.10 bits per heavy atom. The molecule has 1 amide bonds. The number of thioether (sulfide) groups is 1. The van der Waals surface area contributed by atoms with Crippen molar-refractivity contribution in [1.29, 1.82) is 0 Å². The minimum Gasteiger partial charge on any atom is -0.497 e. The second-order valence-corrected chi connectivity index (χ2v) is 8.29. The number of nitrogens with zero attached hydrogens (tertiary/aromatic N) is 2. The summed E-state index contributed by atoms with van der Waals surface area (Å²) in [6.45, 7) is 0.716. The van der Waals surface area contributed by atoms with E-state index in [2.05, 4.69) is 5.16 Å². The topological polar surface area (TPSA) is 55.6 Å². The summed E-state index contributed by atoms with van der Waals surface area (Å²) < 4.78 is 10.8. The minimum atomic E-state index is -0.00447. The van der Waals surface area contributed by atoms with Crippen molar-refractivity contribution >= 4 is 28.6 Å². The van der Waals surface area contributed by atoms with Gasteiger partial charge in [0.05, 0.1) is 12.5 Å². The van der Waals surface area contributed by atoms with Crippen LogP contribution in [0.4, 0.5) is 0 Å². The molecule has 1 aliphatic rings. The molecule has 0 N–H and O–H groups in total. The summed E-state index contributed by atoms with van der Waals surface area (Å²) in [6.07, 6.45) is 0. The lowest BCUT2D eigenvalue weighted by molar-refractivity contribution is 0.0760. The summed E-state index contributed by atoms with van der Waals surface area (Å²) in [7, 11) is 1.65. The maximum Gasteiger partial charge on any atom is 0.255 e. The van der Waals surface area contributed by atoms with Crippen molar-refractivity contribution in [2.75, 3.05) is 19.4 Å². The fraction of sp³-hybridized carbons (Fsp3) is 0.167. The number of amides is 1. The molecule has 3 aromatic carbocycles. The Bertz CT molecular complexity index is 1190. The van der Waals surface area contributed by atoms with Gasteiger partial charge in [-0.1, -0.05) is 47.6 Å². The van der Waals surface area contributed by atoms with Crippen LogP contribution in [0.1, 0.15) is 21.3 Å². The lowest BCUT2D eigenvalue weighted by Gasteiger charge is -2.24. The second-order valence-electron chi connectivity index (χ2n) is 7.10. The van der Waals surface area contributed by atoms with Crippen molar-refractivity contribution in [2.24, 2.45) is 0 Å². The highest BCUT2D eigenvalue weighted by Gasteiger charge is 2.31. The first-order valence-electron chi connectivity index (χ1n) is 9.76. The summed E-state index contributed by atoms with van der Waals surface area (Å²) in [5, 5.41) is 5.00. The molecule has 30 heavy (non-hydrogen) atoms. The highest BCUT2D eigenvalue weighted by Crippen LogP contribution is 2.39. The molecule has 1 unspecified atom stereocenters. The van der Waals surface area contributed by atoms with Gasteiger partial charge in [-0.25, -0.2) is 0 Å². The van der Waals surface area contributed by atoms with E-state index in [1.54, 1.807) is 18.9 Å². The van der Waals surface area contributed by atoms with Gasteiger partial charge >= 0.3 is 0 Å². The zero-order chi connectivity index (χ0) is 20.5. The molecule has 5 rings (SSSR count). The molecule has 4 aromatic rings. The van der Waals surface area contributed by atoms with Crippen molar-refractivity contribution in [2.45, 2.75) is 5.37 Å². The number of carbonyl (C=O) groups is 1. The maximum atomic E-state index is 13.4. The largest absolute Gasteiger partial charge is 0.497 e. The third-order valence-corrected chi connectivity index (χ3v) is 6.57. The molecule has 1 fully saturated rings. The molecular formula is C24H20N2O3S. The summed E-state index contributed by atoms with van der Waals surface area (Å²) in [6, 6.07) is 23.3. The molecule has 2 heterocycles. The summed E-state index contributed by atoms with van der Waals surface area (Å²) in [4.78, 5) is 15.3. The molecule has 0 saturated carbocycles. The van der Waals surface area contributed by atoms with Gasteiger partial charge in [-0.3, -0.25) is 4.79 Å². The van der Waals surface area contributed by atoms with Crippen LogP contribution in [0, 0.1) is 0 Å². The first-order chi connectivity index (χ1) is 14.7. The standard InChI is InChI=1S/C24H20N2O3S/c1-28-19-10-7-17(8-11-19)24-26(13-14-30-24)23(27)18-9-12-21-20(15-18)22(29-25-21)16-5-3-2-4-6-16/h2-12,15,24H,13-14H2,1H3. The zero-order valence-electron chi connectivity index (χ0n) is 16.4. The van der Waals surface area contributed by atoms with Crippen LogP contribution in [-0.4, -0.2) is 35.4 Å². The Kier molecular flexibility index (Phi) is 4.93. The first-order valence-corrected chi connectivity index (χ1v) is 10.8. The predicted molar refractivity (Wildman–Crippen MR) is 119 cm³/mol. The van der Waals surface area contributed by atoms with E-state index in [1.165, 1.54) is 0 Å². The van der Waals surface area contributed by atoms with Crippen molar-refractivity contribution < 1.29 is 14.1 Å². The van der Waals surface area contributed by atoms with Gasteiger partial charge in [0, 0.05) is 23.4 Å². The molecule has 5 nitrogen and oxygen atoms in total. The van der Waals surface area contributed by atoms with Gasteiger partial charge in [0.15, 0.2) is 5.76 Å². The van der Waals surface area contributed by atoms with Crippen LogP contribution in [0.5, 0.6) is 5.75 Å². The van der Waals surface area contributed by atoms with Crippen molar-refractivity contribution in [3.63, 3.8) is 0 Å². The van der Waals surface area contributed by atoms with E-state index < -0.39 is 0 Å². The van der Waals surface area contributed by atoms with Gasteiger partial charge in [-0.15, -0.1) is 11.8 Å². The predicted octanol–water partition coefficient (Wildman–Crippen LogP) is 5.39. The first kappa shape index (κ1) is 18.8.